The van der Waals surface area contributed by atoms with Gasteiger partial charge in [-0.15, -0.1) is 5.10 Å². The van der Waals surface area contributed by atoms with E-state index in [4.69, 9.17) is 0 Å². The van der Waals surface area contributed by atoms with Crippen molar-refractivity contribution in [2.24, 2.45) is 0 Å². The van der Waals surface area contributed by atoms with Gasteiger partial charge in [0.25, 0.3) is 0 Å². The summed E-state index contributed by atoms with van der Waals surface area (Å²) in [6, 6.07) is 0. The largest absolute Gasteiger partial charge is 0.230 e. The molecule has 0 atom stereocenters. The first kappa shape index (κ1) is 10.2. The minimum atomic E-state index is 0.939. The second-order valence-corrected chi connectivity index (χ2v) is 3.28. The molecule has 0 bridgehead atoms. The van der Waals surface area contributed by atoms with E-state index in [0.29, 0.717) is 0 Å². The van der Waals surface area contributed by atoms with E-state index in [0.717, 1.165) is 25.2 Å². The lowest BCUT2D eigenvalue weighted by Crippen LogP contribution is -2.05. The number of nitrogens with zero attached hydrogens (tertiary/aromatic N) is 4. The first-order chi connectivity index (χ1) is 6.38. The zero-order valence-electron chi connectivity index (χ0n) is 8.53. The van der Waals surface area contributed by atoms with Gasteiger partial charge < -0.3 is 0 Å². The summed E-state index contributed by atoms with van der Waals surface area (Å²) >= 11 is 0. The fourth-order valence-electron chi connectivity index (χ4n) is 1.32. The van der Waals surface area contributed by atoms with Gasteiger partial charge in [-0.2, -0.15) is 0 Å². The quantitative estimate of drug-likeness (QED) is 0.630. The zero-order valence-corrected chi connectivity index (χ0v) is 8.53. The van der Waals surface area contributed by atoms with Crippen LogP contribution < -0.4 is 0 Å². The maximum atomic E-state index is 4.01. The van der Waals surface area contributed by atoms with Crippen molar-refractivity contribution < 1.29 is 0 Å². The Hall–Kier alpha value is -0.930. The molecule has 0 aliphatic heterocycles. The maximum absolute atomic E-state index is 4.01. The van der Waals surface area contributed by atoms with Crippen LogP contribution >= 0.6 is 0 Å². The molecule has 0 spiro atoms. The lowest BCUT2D eigenvalue weighted by molar-refractivity contribution is 0.545. The zero-order chi connectivity index (χ0) is 9.52. The van der Waals surface area contributed by atoms with Gasteiger partial charge >= 0.3 is 0 Å². The third-order valence-electron chi connectivity index (χ3n) is 2.05. The Morgan fingerprint density at radius 3 is 2.69 bits per heavy atom. The van der Waals surface area contributed by atoms with E-state index in [-0.39, 0.29) is 0 Å². The van der Waals surface area contributed by atoms with Crippen molar-refractivity contribution in [3.63, 3.8) is 0 Å². The van der Waals surface area contributed by atoms with Crippen molar-refractivity contribution in [1.29, 1.82) is 0 Å². The lowest BCUT2D eigenvalue weighted by atomic mass is 10.2. The molecule has 0 amide bonds. The molecule has 0 aliphatic carbocycles. The standard InChI is InChI=1S/C9H18N4/c1-3-5-6-7-9-10-11-12-13(9)8-4-2/h3-8H2,1-2H3. The minimum absolute atomic E-state index is 0.939. The summed E-state index contributed by atoms with van der Waals surface area (Å²) in [4.78, 5) is 0. The van der Waals surface area contributed by atoms with Crippen LogP contribution in [0.1, 0.15) is 45.4 Å². The average Bonchev–Trinajstić information content (AvgIpc) is 2.54. The third-order valence-corrected chi connectivity index (χ3v) is 2.05. The van der Waals surface area contributed by atoms with Crippen molar-refractivity contribution in [3.8, 4) is 0 Å². The number of aromatic nitrogens is 4. The van der Waals surface area contributed by atoms with Crippen LogP contribution in [0, 0.1) is 0 Å². The highest BCUT2D eigenvalue weighted by atomic mass is 15.5. The van der Waals surface area contributed by atoms with E-state index in [1.807, 2.05) is 4.68 Å². The van der Waals surface area contributed by atoms with Gasteiger partial charge in [-0.3, -0.25) is 0 Å². The molecular formula is C9H18N4. The summed E-state index contributed by atoms with van der Waals surface area (Å²) in [5, 5.41) is 11.6. The Morgan fingerprint density at radius 1 is 1.15 bits per heavy atom. The SMILES string of the molecule is CCCCCc1nnnn1CCC. The first-order valence-corrected chi connectivity index (χ1v) is 5.13. The molecule has 4 nitrogen and oxygen atoms in total. The predicted molar refractivity (Wildman–Crippen MR) is 51.3 cm³/mol. The molecule has 1 rings (SSSR count). The van der Waals surface area contributed by atoms with Crippen molar-refractivity contribution in [1.82, 2.24) is 20.2 Å². The summed E-state index contributed by atoms with van der Waals surface area (Å²) in [5.74, 6) is 1.04. The molecule has 0 saturated heterocycles. The normalized spacial score (nSPS) is 10.6. The maximum Gasteiger partial charge on any atom is 0.151 e. The van der Waals surface area contributed by atoms with E-state index in [1.165, 1.54) is 19.3 Å². The summed E-state index contributed by atoms with van der Waals surface area (Å²) in [6.07, 6.45) is 5.81. The molecule has 0 aliphatic rings. The molecule has 0 fully saturated rings. The van der Waals surface area contributed by atoms with E-state index in [1.54, 1.807) is 0 Å². The topological polar surface area (TPSA) is 43.6 Å². The molecule has 1 aromatic rings. The highest BCUT2D eigenvalue weighted by Gasteiger charge is 2.03. The summed E-state index contributed by atoms with van der Waals surface area (Å²) < 4.78 is 1.91. The van der Waals surface area contributed by atoms with Crippen LogP contribution in [0.2, 0.25) is 0 Å². The van der Waals surface area contributed by atoms with Crippen LogP contribution in [0.4, 0.5) is 0 Å². The average molecular weight is 182 g/mol. The minimum Gasteiger partial charge on any atom is -0.230 e. The number of aryl methyl sites for hydroxylation is 2. The third kappa shape index (κ3) is 3.13. The number of unbranched alkanes of at least 4 members (excludes halogenated alkanes) is 2. The summed E-state index contributed by atoms with van der Waals surface area (Å²) in [5.41, 5.74) is 0. The monoisotopic (exact) mass is 182 g/mol. The fraction of sp³-hybridized carbons (Fsp3) is 0.889. The van der Waals surface area contributed by atoms with E-state index in [2.05, 4.69) is 29.4 Å². The van der Waals surface area contributed by atoms with Gasteiger partial charge in [0, 0.05) is 13.0 Å². The highest BCUT2D eigenvalue weighted by Crippen LogP contribution is 2.02. The first-order valence-electron chi connectivity index (χ1n) is 5.13. The van der Waals surface area contributed by atoms with Crippen molar-refractivity contribution in [2.45, 2.75) is 52.5 Å². The molecule has 0 aromatic carbocycles. The van der Waals surface area contributed by atoms with Crippen LogP contribution in [0.5, 0.6) is 0 Å². The Labute approximate surface area is 79.3 Å². The van der Waals surface area contributed by atoms with Crippen LogP contribution in [-0.4, -0.2) is 20.2 Å². The molecule has 13 heavy (non-hydrogen) atoms. The molecular weight excluding hydrogens is 164 g/mol. The van der Waals surface area contributed by atoms with Crippen molar-refractivity contribution in [2.75, 3.05) is 0 Å². The molecule has 0 unspecified atom stereocenters. The molecule has 4 heteroatoms. The fourth-order valence-corrected chi connectivity index (χ4v) is 1.32. The van der Waals surface area contributed by atoms with Gasteiger partial charge in [0.05, 0.1) is 0 Å². The second-order valence-electron chi connectivity index (χ2n) is 3.28. The summed E-state index contributed by atoms with van der Waals surface area (Å²) in [7, 11) is 0. The smallest absolute Gasteiger partial charge is 0.151 e. The predicted octanol–water partition coefficient (Wildman–Crippen LogP) is 1.82. The van der Waals surface area contributed by atoms with Crippen LogP contribution in [0.3, 0.4) is 0 Å². The van der Waals surface area contributed by atoms with Crippen molar-refractivity contribution in [3.05, 3.63) is 5.82 Å². The van der Waals surface area contributed by atoms with Crippen molar-refractivity contribution >= 4 is 0 Å². The Bertz CT molecular complexity index is 231. The Kier molecular flexibility index (Phi) is 4.43. The number of tetrazole rings is 1. The van der Waals surface area contributed by atoms with E-state index < -0.39 is 0 Å². The number of hydrogen-bond donors (Lipinski definition) is 0. The molecule has 0 N–H and O–H groups in total. The van der Waals surface area contributed by atoms with Gasteiger partial charge in [-0.25, -0.2) is 4.68 Å². The molecule has 0 radical (unpaired) electrons. The number of rotatable bonds is 6. The molecule has 1 aromatic heterocycles. The van der Waals surface area contributed by atoms with Gasteiger partial charge in [0.15, 0.2) is 5.82 Å². The Morgan fingerprint density at radius 2 is 2.00 bits per heavy atom. The van der Waals surface area contributed by atoms with Gasteiger partial charge in [0.2, 0.25) is 0 Å². The second kappa shape index (κ2) is 5.67. The van der Waals surface area contributed by atoms with Gasteiger partial charge in [-0.1, -0.05) is 26.7 Å². The van der Waals surface area contributed by atoms with E-state index >= 15 is 0 Å². The molecule has 1 heterocycles. The summed E-state index contributed by atoms with van der Waals surface area (Å²) in [6.45, 7) is 5.28. The lowest BCUT2D eigenvalue weighted by Gasteiger charge is -2.01. The van der Waals surface area contributed by atoms with Crippen LogP contribution in [0.15, 0.2) is 0 Å². The van der Waals surface area contributed by atoms with Gasteiger partial charge in [0.1, 0.15) is 0 Å². The van der Waals surface area contributed by atoms with E-state index in [9.17, 15) is 0 Å². The molecule has 74 valence electrons. The highest BCUT2D eigenvalue weighted by molar-refractivity contribution is 4.80. The number of hydrogen-bond acceptors (Lipinski definition) is 3. The molecule has 0 saturated carbocycles. The Balaban J connectivity index is 2.40. The van der Waals surface area contributed by atoms with Crippen LogP contribution in [0.25, 0.3) is 0 Å². The van der Waals surface area contributed by atoms with Crippen LogP contribution in [-0.2, 0) is 13.0 Å². The van der Waals surface area contributed by atoms with Gasteiger partial charge in [-0.05, 0) is 23.3 Å².